The second kappa shape index (κ2) is 7.25. The van der Waals surface area contributed by atoms with Crippen LogP contribution in [0.2, 0.25) is 0 Å². The number of amides is 1. The number of carbonyl (C=O) groups is 1. The molecule has 1 aliphatic carbocycles. The van der Waals surface area contributed by atoms with Crippen LogP contribution >= 0.6 is 0 Å². The minimum atomic E-state index is -0.182. The lowest BCUT2D eigenvalue weighted by Crippen LogP contribution is -2.38. The van der Waals surface area contributed by atoms with Crippen LogP contribution < -0.4 is 10.9 Å². The van der Waals surface area contributed by atoms with Crippen molar-refractivity contribution in [3.05, 3.63) is 51.2 Å². The monoisotopic (exact) mass is 342 g/mol. The third-order valence-electron chi connectivity index (χ3n) is 5.18. The summed E-state index contributed by atoms with van der Waals surface area (Å²) in [5.74, 6) is 0.511. The van der Waals surface area contributed by atoms with Crippen molar-refractivity contribution >= 4 is 5.91 Å². The molecule has 1 fully saturated rings. The Morgan fingerprint density at radius 1 is 1.24 bits per heavy atom. The molecule has 0 saturated heterocycles. The topological polar surface area (TPSA) is 79.8 Å². The van der Waals surface area contributed by atoms with Crippen molar-refractivity contribution in [1.29, 1.82) is 0 Å². The van der Waals surface area contributed by atoms with Gasteiger partial charge in [0.1, 0.15) is 0 Å². The highest BCUT2D eigenvalue weighted by molar-refractivity contribution is 5.95. The Bertz CT molecular complexity index is 794. The highest BCUT2D eigenvalue weighted by atomic mass is 16.2. The molecule has 0 aliphatic heterocycles. The van der Waals surface area contributed by atoms with E-state index in [1.807, 2.05) is 6.92 Å². The molecule has 0 radical (unpaired) electrons. The Morgan fingerprint density at radius 2 is 1.96 bits per heavy atom. The van der Waals surface area contributed by atoms with Crippen LogP contribution in [0.25, 0.3) is 0 Å². The van der Waals surface area contributed by atoms with Gasteiger partial charge >= 0.3 is 0 Å². The molecule has 2 heterocycles. The van der Waals surface area contributed by atoms with Gasteiger partial charge in [-0.15, -0.1) is 0 Å². The van der Waals surface area contributed by atoms with E-state index >= 15 is 0 Å². The van der Waals surface area contributed by atoms with Crippen LogP contribution in [0, 0.1) is 26.7 Å². The summed E-state index contributed by atoms with van der Waals surface area (Å²) in [7, 11) is 0. The van der Waals surface area contributed by atoms with Gasteiger partial charge in [0.05, 0.1) is 11.3 Å². The largest absolute Gasteiger partial charge is 0.349 e. The van der Waals surface area contributed by atoms with Gasteiger partial charge in [0.2, 0.25) is 5.56 Å². The molecular weight excluding hydrogens is 316 g/mol. The lowest BCUT2D eigenvalue weighted by atomic mass is 9.86. The number of rotatable bonds is 4. The fraction of sp³-hybridized carbons (Fsp3) is 0.526. The van der Waals surface area contributed by atoms with Crippen molar-refractivity contribution in [2.24, 2.45) is 5.92 Å². The summed E-state index contributed by atoms with van der Waals surface area (Å²) in [4.78, 5) is 26.4. The third kappa shape index (κ3) is 4.18. The summed E-state index contributed by atoms with van der Waals surface area (Å²) < 4.78 is 2.05. The summed E-state index contributed by atoms with van der Waals surface area (Å²) in [5.41, 5.74) is 3.31. The highest BCUT2D eigenvalue weighted by Gasteiger charge is 2.24. The molecule has 2 N–H and O–H groups in total. The molecule has 0 bridgehead atoms. The number of aromatic nitrogens is 3. The molecule has 0 unspecified atom stereocenters. The van der Waals surface area contributed by atoms with Crippen molar-refractivity contribution in [2.75, 3.05) is 0 Å². The van der Waals surface area contributed by atoms with E-state index < -0.39 is 0 Å². The van der Waals surface area contributed by atoms with E-state index in [-0.39, 0.29) is 17.5 Å². The van der Waals surface area contributed by atoms with Crippen LogP contribution in [0.4, 0.5) is 0 Å². The Kier molecular flexibility index (Phi) is 5.06. The molecule has 1 amide bonds. The first-order valence-electron chi connectivity index (χ1n) is 8.94. The number of nitrogens with one attached hydrogen (secondary N) is 2. The number of aromatic amines is 1. The quantitative estimate of drug-likeness (QED) is 0.896. The van der Waals surface area contributed by atoms with E-state index in [9.17, 15) is 9.59 Å². The highest BCUT2D eigenvalue weighted by Crippen LogP contribution is 2.26. The van der Waals surface area contributed by atoms with Gasteiger partial charge in [0.15, 0.2) is 0 Å². The van der Waals surface area contributed by atoms with Crippen molar-refractivity contribution < 1.29 is 4.79 Å². The maximum Gasteiger partial charge on any atom is 0.253 e. The maximum absolute atomic E-state index is 12.4. The van der Waals surface area contributed by atoms with Gasteiger partial charge in [-0.1, -0.05) is 0 Å². The number of hydrogen-bond donors (Lipinski definition) is 2. The summed E-state index contributed by atoms with van der Waals surface area (Å²) in [6.45, 7) is 6.83. The number of nitrogens with zero attached hydrogens (tertiary/aromatic N) is 2. The first kappa shape index (κ1) is 17.5. The number of pyridine rings is 1. The van der Waals surface area contributed by atoms with Crippen molar-refractivity contribution in [2.45, 2.75) is 59.0 Å². The molecule has 2 aromatic rings. The Hall–Kier alpha value is -2.37. The number of aryl methyl sites for hydroxylation is 3. The van der Waals surface area contributed by atoms with Gasteiger partial charge < -0.3 is 10.3 Å². The van der Waals surface area contributed by atoms with Gasteiger partial charge in [-0.2, -0.15) is 5.10 Å². The first-order chi connectivity index (χ1) is 11.9. The van der Waals surface area contributed by atoms with Gasteiger partial charge in [-0.05, 0) is 64.0 Å². The predicted octanol–water partition coefficient (Wildman–Crippen LogP) is 2.49. The Morgan fingerprint density at radius 3 is 2.56 bits per heavy atom. The number of carbonyl (C=O) groups excluding carboxylic acids is 1. The zero-order chi connectivity index (χ0) is 18.0. The van der Waals surface area contributed by atoms with Crippen molar-refractivity contribution in [1.82, 2.24) is 20.1 Å². The summed E-state index contributed by atoms with van der Waals surface area (Å²) in [6.07, 6.45) is 6.26. The van der Waals surface area contributed by atoms with Crippen LogP contribution in [0.1, 0.15) is 53.0 Å². The lowest BCUT2D eigenvalue weighted by molar-refractivity contribution is 0.0919. The second-order valence-corrected chi connectivity index (χ2v) is 7.17. The van der Waals surface area contributed by atoms with Gasteiger partial charge in [0.25, 0.3) is 5.91 Å². The summed E-state index contributed by atoms with van der Waals surface area (Å²) in [5, 5.41) is 7.66. The molecule has 6 nitrogen and oxygen atoms in total. The molecule has 0 atom stereocenters. The normalized spacial score (nSPS) is 20.4. The van der Waals surface area contributed by atoms with Gasteiger partial charge in [-0.25, -0.2) is 0 Å². The predicted molar refractivity (Wildman–Crippen MR) is 96.7 cm³/mol. The smallest absolute Gasteiger partial charge is 0.253 e. The SMILES string of the molecule is Cc1cn(CC2CCC(NC(=O)c3ccc(=O)[nH]c3C)CC2)nc1C. The fourth-order valence-electron chi connectivity index (χ4n) is 3.55. The molecule has 1 aliphatic rings. The maximum atomic E-state index is 12.4. The van der Waals surface area contributed by atoms with E-state index in [0.29, 0.717) is 17.2 Å². The Labute approximate surface area is 147 Å². The molecule has 134 valence electrons. The van der Waals surface area contributed by atoms with Gasteiger partial charge in [-0.3, -0.25) is 14.3 Å². The molecule has 3 rings (SSSR count). The van der Waals surface area contributed by atoms with E-state index in [1.54, 1.807) is 13.0 Å². The van der Waals surface area contributed by atoms with E-state index in [0.717, 1.165) is 37.9 Å². The molecule has 0 spiro atoms. The van der Waals surface area contributed by atoms with Crippen molar-refractivity contribution in [3.8, 4) is 0 Å². The zero-order valence-electron chi connectivity index (χ0n) is 15.1. The minimum Gasteiger partial charge on any atom is -0.349 e. The third-order valence-corrected chi connectivity index (χ3v) is 5.18. The van der Waals surface area contributed by atoms with Crippen LogP contribution in [-0.2, 0) is 6.54 Å². The number of hydrogen-bond acceptors (Lipinski definition) is 3. The van der Waals surface area contributed by atoms with Crippen LogP contribution in [-0.4, -0.2) is 26.7 Å². The summed E-state index contributed by atoms with van der Waals surface area (Å²) >= 11 is 0. The standard InChI is InChI=1S/C19H26N4O2/c1-12-10-23(22-13(12)2)11-15-4-6-16(7-5-15)21-19(25)17-8-9-18(24)20-14(17)3/h8-10,15-16H,4-7,11H2,1-3H3,(H,20,24)(H,21,25). The molecule has 6 heteroatoms. The average Bonchev–Trinajstić information content (AvgIpc) is 2.87. The second-order valence-electron chi connectivity index (χ2n) is 7.17. The van der Waals surface area contributed by atoms with Crippen molar-refractivity contribution in [3.63, 3.8) is 0 Å². The van der Waals surface area contributed by atoms with Gasteiger partial charge in [0, 0.05) is 30.5 Å². The average molecular weight is 342 g/mol. The molecular formula is C19H26N4O2. The lowest BCUT2D eigenvalue weighted by Gasteiger charge is -2.29. The zero-order valence-corrected chi connectivity index (χ0v) is 15.1. The Balaban J connectivity index is 1.52. The van der Waals surface area contributed by atoms with Crippen LogP contribution in [0.3, 0.4) is 0 Å². The minimum absolute atomic E-state index is 0.101. The van der Waals surface area contributed by atoms with E-state index in [4.69, 9.17) is 0 Å². The molecule has 25 heavy (non-hydrogen) atoms. The first-order valence-corrected chi connectivity index (χ1v) is 8.94. The van der Waals surface area contributed by atoms with Crippen LogP contribution in [0.15, 0.2) is 23.1 Å². The molecule has 2 aromatic heterocycles. The fourth-order valence-corrected chi connectivity index (χ4v) is 3.55. The summed E-state index contributed by atoms with van der Waals surface area (Å²) in [6, 6.07) is 3.20. The number of H-pyrrole nitrogens is 1. The van der Waals surface area contributed by atoms with E-state index in [2.05, 4.69) is 33.2 Å². The van der Waals surface area contributed by atoms with Crippen LogP contribution in [0.5, 0.6) is 0 Å². The molecule has 0 aromatic carbocycles. The van der Waals surface area contributed by atoms with E-state index in [1.165, 1.54) is 11.6 Å². The molecule has 1 saturated carbocycles.